The summed E-state index contributed by atoms with van der Waals surface area (Å²) in [6.07, 6.45) is 1.78. The molecule has 4 heteroatoms. The molecule has 0 fully saturated rings. The Morgan fingerprint density at radius 2 is 2.24 bits per heavy atom. The molecule has 1 N–H and O–H groups in total. The average Bonchev–Trinajstić information content (AvgIpc) is 2.85. The van der Waals surface area contributed by atoms with Gasteiger partial charge in [-0.05, 0) is 47.4 Å². The monoisotopic (exact) mass is 283 g/mol. The molecule has 0 spiro atoms. The summed E-state index contributed by atoms with van der Waals surface area (Å²) in [6.45, 7) is 1.93. The Morgan fingerprint density at radius 3 is 3.05 bits per heavy atom. The molecule has 2 aliphatic rings. The van der Waals surface area contributed by atoms with Gasteiger partial charge in [-0.1, -0.05) is 6.92 Å². The number of benzene rings is 1. The quantitative estimate of drug-likeness (QED) is 0.875. The van der Waals surface area contributed by atoms with Crippen molar-refractivity contribution in [1.82, 2.24) is 4.98 Å². The van der Waals surface area contributed by atoms with Gasteiger partial charge in [0.25, 0.3) is 0 Å². The van der Waals surface area contributed by atoms with Crippen LogP contribution in [0.5, 0.6) is 5.88 Å². The number of ether oxygens (including phenoxy) is 1. The minimum atomic E-state index is -1.01. The minimum absolute atomic E-state index is 0.182. The van der Waals surface area contributed by atoms with E-state index in [1.807, 2.05) is 25.1 Å². The van der Waals surface area contributed by atoms with Crippen LogP contribution in [0.2, 0.25) is 0 Å². The second-order valence-electron chi connectivity index (χ2n) is 5.36. The number of rotatable bonds is 1. The summed E-state index contributed by atoms with van der Waals surface area (Å²) in [5.41, 5.74) is 5.17. The Balaban J connectivity index is 1.97. The normalized spacial score (nSPS) is 18.9. The smallest absolute Gasteiger partial charge is 0.224 e. The van der Waals surface area contributed by atoms with Crippen molar-refractivity contribution >= 4 is 5.57 Å². The number of aromatic nitrogens is 1. The maximum Gasteiger partial charge on any atom is 0.224 e. The van der Waals surface area contributed by atoms with Crippen LogP contribution in [0.1, 0.15) is 29.2 Å². The number of pyridine rings is 1. The first-order valence-corrected chi connectivity index (χ1v) is 7.04. The van der Waals surface area contributed by atoms with Gasteiger partial charge < -0.3 is 9.84 Å². The van der Waals surface area contributed by atoms with Crippen molar-refractivity contribution in [3.63, 3.8) is 0 Å². The molecule has 1 aromatic carbocycles. The molecule has 0 amide bonds. The molecule has 1 atom stereocenters. The van der Waals surface area contributed by atoms with Crippen molar-refractivity contribution in [2.75, 3.05) is 0 Å². The van der Waals surface area contributed by atoms with Crippen LogP contribution in [-0.2, 0) is 12.8 Å². The summed E-state index contributed by atoms with van der Waals surface area (Å²) in [4.78, 5) is 4.17. The minimum Gasteiger partial charge on any atom is -0.443 e. The Labute approximate surface area is 121 Å². The third kappa shape index (κ3) is 1.72. The molecular weight excluding hydrogens is 269 g/mol. The molecule has 4 rings (SSSR count). The summed E-state index contributed by atoms with van der Waals surface area (Å²) in [5.74, 6) is 0.247. The standard InChI is InChI=1S/C17H14FNO2/c1-2-9-6-12-10(8-14(9)18)7-13-15(12)11-4-3-5-19-16(11)21-17(13)20/h3-6,8,17,20H,2,7H2,1H3. The fourth-order valence-corrected chi connectivity index (χ4v) is 3.16. The lowest BCUT2D eigenvalue weighted by atomic mass is 9.95. The number of fused-ring (bicyclic) bond motifs is 4. The topological polar surface area (TPSA) is 42.4 Å². The van der Waals surface area contributed by atoms with Gasteiger partial charge in [-0.3, -0.25) is 0 Å². The van der Waals surface area contributed by atoms with E-state index in [-0.39, 0.29) is 5.82 Å². The van der Waals surface area contributed by atoms with Crippen molar-refractivity contribution < 1.29 is 14.2 Å². The zero-order valence-corrected chi connectivity index (χ0v) is 11.6. The van der Waals surface area contributed by atoms with E-state index in [9.17, 15) is 9.50 Å². The molecule has 1 aromatic heterocycles. The first-order valence-electron chi connectivity index (χ1n) is 7.04. The summed E-state index contributed by atoms with van der Waals surface area (Å²) < 4.78 is 19.4. The number of aliphatic hydroxyl groups is 1. The zero-order valence-electron chi connectivity index (χ0n) is 11.6. The van der Waals surface area contributed by atoms with E-state index in [0.29, 0.717) is 24.3 Å². The van der Waals surface area contributed by atoms with E-state index >= 15 is 0 Å². The summed E-state index contributed by atoms with van der Waals surface area (Å²) >= 11 is 0. The lowest BCUT2D eigenvalue weighted by Crippen LogP contribution is -2.24. The predicted octanol–water partition coefficient (Wildman–Crippen LogP) is 2.85. The van der Waals surface area contributed by atoms with Gasteiger partial charge in [-0.25, -0.2) is 9.37 Å². The van der Waals surface area contributed by atoms with Gasteiger partial charge in [0, 0.05) is 29.3 Å². The number of aryl methyl sites for hydroxylation is 1. The van der Waals surface area contributed by atoms with Gasteiger partial charge in [0.1, 0.15) is 5.82 Å². The molecule has 21 heavy (non-hydrogen) atoms. The highest BCUT2D eigenvalue weighted by Crippen LogP contribution is 2.45. The van der Waals surface area contributed by atoms with Crippen LogP contribution in [0.3, 0.4) is 0 Å². The SMILES string of the molecule is CCc1cc2c(cc1F)CC1=C2c2cccnc2OC1O. The van der Waals surface area contributed by atoms with E-state index < -0.39 is 6.29 Å². The fourth-order valence-electron chi connectivity index (χ4n) is 3.16. The van der Waals surface area contributed by atoms with E-state index in [2.05, 4.69) is 4.98 Å². The molecule has 3 nitrogen and oxygen atoms in total. The third-order valence-corrected chi connectivity index (χ3v) is 4.19. The first-order chi connectivity index (χ1) is 10.2. The van der Waals surface area contributed by atoms with Crippen LogP contribution < -0.4 is 4.74 Å². The summed E-state index contributed by atoms with van der Waals surface area (Å²) in [7, 11) is 0. The van der Waals surface area contributed by atoms with Crippen LogP contribution in [0.15, 0.2) is 36.0 Å². The van der Waals surface area contributed by atoms with E-state index in [1.165, 1.54) is 0 Å². The Hall–Kier alpha value is -2.20. The van der Waals surface area contributed by atoms with Crippen molar-refractivity contribution in [2.24, 2.45) is 0 Å². The van der Waals surface area contributed by atoms with Crippen LogP contribution >= 0.6 is 0 Å². The van der Waals surface area contributed by atoms with E-state index in [0.717, 1.165) is 27.8 Å². The fraction of sp³-hybridized carbons (Fsp3) is 0.235. The largest absolute Gasteiger partial charge is 0.443 e. The Morgan fingerprint density at radius 1 is 1.38 bits per heavy atom. The molecule has 2 aromatic rings. The number of hydrogen-bond donors (Lipinski definition) is 1. The highest BCUT2D eigenvalue weighted by Gasteiger charge is 2.34. The molecule has 0 saturated carbocycles. The molecule has 0 bridgehead atoms. The molecule has 1 aliphatic carbocycles. The van der Waals surface area contributed by atoms with Crippen molar-refractivity contribution in [3.05, 3.63) is 64.1 Å². The van der Waals surface area contributed by atoms with Gasteiger partial charge in [0.05, 0.1) is 0 Å². The lowest BCUT2D eigenvalue weighted by molar-refractivity contribution is 0.00752. The molecular formula is C17H14FNO2. The second kappa shape index (κ2) is 4.40. The zero-order chi connectivity index (χ0) is 14.6. The van der Waals surface area contributed by atoms with Crippen LogP contribution in [0.4, 0.5) is 4.39 Å². The van der Waals surface area contributed by atoms with Crippen molar-refractivity contribution in [2.45, 2.75) is 26.1 Å². The Kier molecular flexibility index (Phi) is 2.62. The highest BCUT2D eigenvalue weighted by atomic mass is 19.1. The number of nitrogens with zero attached hydrogens (tertiary/aromatic N) is 1. The van der Waals surface area contributed by atoms with Crippen molar-refractivity contribution in [1.29, 1.82) is 0 Å². The number of aliphatic hydroxyl groups excluding tert-OH is 1. The summed E-state index contributed by atoms with van der Waals surface area (Å²) in [6, 6.07) is 7.23. The van der Waals surface area contributed by atoms with E-state index in [1.54, 1.807) is 12.3 Å². The second-order valence-corrected chi connectivity index (χ2v) is 5.36. The molecule has 2 heterocycles. The van der Waals surface area contributed by atoms with Gasteiger partial charge in [0.15, 0.2) is 0 Å². The number of hydrogen-bond acceptors (Lipinski definition) is 3. The molecule has 0 saturated heterocycles. The molecule has 106 valence electrons. The molecule has 1 aliphatic heterocycles. The van der Waals surface area contributed by atoms with Crippen LogP contribution in [-0.4, -0.2) is 16.4 Å². The molecule has 1 unspecified atom stereocenters. The van der Waals surface area contributed by atoms with Gasteiger partial charge >= 0.3 is 0 Å². The number of halogens is 1. The predicted molar refractivity (Wildman–Crippen MR) is 76.4 cm³/mol. The average molecular weight is 283 g/mol. The highest BCUT2D eigenvalue weighted by molar-refractivity contribution is 5.90. The van der Waals surface area contributed by atoms with Crippen LogP contribution in [0, 0.1) is 5.82 Å². The first kappa shape index (κ1) is 12.5. The van der Waals surface area contributed by atoms with Gasteiger partial charge in [0.2, 0.25) is 12.2 Å². The lowest BCUT2D eigenvalue weighted by Gasteiger charge is -2.23. The maximum atomic E-state index is 14.0. The third-order valence-electron chi connectivity index (χ3n) is 4.19. The molecule has 0 radical (unpaired) electrons. The van der Waals surface area contributed by atoms with Gasteiger partial charge in [-0.2, -0.15) is 0 Å². The van der Waals surface area contributed by atoms with Crippen LogP contribution in [0.25, 0.3) is 5.57 Å². The maximum absolute atomic E-state index is 14.0. The van der Waals surface area contributed by atoms with E-state index in [4.69, 9.17) is 4.74 Å². The van der Waals surface area contributed by atoms with Crippen molar-refractivity contribution in [3.8, 4) is 5.88 Å². The summed E-state index contributed by atoms with van der Waals surface area (Å²) in [5, 5.41) is 10.2. The van der Waals surface area contributed by atoms with Gasteiger partial charge in [-0.15, -0.1) is 0 Å². The Bertz CT molecular complexity index is 782.